The van der Waals surface area contributed by atoms with Gasteiger partial charge in [0.1, 0.15) is 12.6 Å². The monoisotopic (exact) mass is 475 g/mol. The number of aryl methyl sites for hydroxylation is 1. The second-order valence-electron chi connectivity index (χ2n) is 8.00. The summed E-state index contributed by atoms with van der Waals surface area (Å²) in [6.07, 6.45) is 0.312. The van der Waals surface area contributed by atoms with Crippen LogP contribution in [0.4, 0.5) is 5.69 Å². The number of hydrogen-bond acceptors (Lipinski definition) is 10. The summed E-state index contributed by atoms with van der Waals surface area (Å²) in [7, 11) is 1.26. The molecule has 3 heterocycles. The lowest BCUT2D eigenvalue weighted by molar-refractivity contribution is -0.384. The number of non-ortho nitro benzene ring substituents is 1. The Morgan fingerprint density at radius 3 is 2.64 bits per heavy atom. The number of aromatic nitrogens is 3. The molecule has 1 aromatic heterocycles. The lowest BCUT2D eigenvalue weighted by Crippen LogP contribution is -2.58. The van der Waals surface area contributed by atoms with Crippen molar-refractivity contribution in [2.45, 2.75) is 49.6 Å². The fourth-order valence-corrected chi connectivity index (χ4v) is 5.81. The van der Waals surface area contributed by atoms with Gasteiger partial charge in [-0.15, -0.1) is 16.9 Å². The number of nitrogens with zero attached hydrogens (tertiary/aromatic N) is 5. The molecule has 0 bridgehead atoms. The average molecular weight is 475 g/mol. The number of amides is 1. The van der Waals surface area contributed by atoms with Gasteiger partial charge >= 0.3 is 11.9 Å². The summed E-state index contributed by atoms with van der Waals surface area (Å²) in [5.41, 5.74) is 1.08. The third kappa shape index (κ3) is 4.03. The van der Waals surface area contributed by atoms with E-state index in [1.807, 2.05) is 6.92 Å². The van der Waals surface area contributed by atoms with E-state index in [-0.39, 0.29) is 35.8 Å². The number of nitro groups is 1. The summed E-state index contributed by atoms with van der Waals surface area (Å²) in [4.78, 5) is 49.4. The number of benzene rings is 1. The van der Waals surface area contributed by atoms with Crippen LogP contribution in [0.3, 0.4) is 0 Å². The van der Waals surface area contributed by atoms with Crippen molar-refractivity contribution in [2.24, 2.45) is 0 Å². The second kappa shape index (κ2) is 8.46. The van der Waals surface area contributed by atoms with Crippen LogP contribution in [0.5, 0.6) is 0 Å². The molecule has 1 amide bonds. The van der Waals surface area contributed by atoms with Crippen molar-refractivity contribution in [1.29, 1.82) is 0 Å². The van der Waals surface area contributed by atoms with E-state index in [9.17, 15) is 24.5 Å². The molecule has 2 aliphatic heterocycles. The Hall–Kier alpha value is -3.48. The molecule has 3 unspecified atom stereocenters. The number of hydrogen-bond donors (Lipinski definition) is 0. The molecule has 0 saturated carbocycles. The summed E-state index contributed by atoms with van der Waals surface area (Å²) in [6.45, 7) is 3.48. The Morgan fingerprint density at radius 2 is 2.03 bits per heavy atom. The maximum Gasteiger partial charge on any atom is 0.358 e. The summed E-state index contributed by atoms with van der Waals surface area (Å²) in [5, 5.41) is 18.6. The third-order valence-corrected chi connectivity index (χ3v) is 7.26. The molecule has 0 N–H and O–H groups in total. The van der Waals surface area contributed by atoms with Crippen LogP contribution in [-0.4, -0.2) is 65.9 Å². The molecule has 3 atom stereocenters. The van der Waals surface area contributed by atoms with Crippen LogP contribution in [-0.2, 0) is 32.2 Å². The molecule has 174 valence electrons. The van der Waals surface area contributed by atoms with Crippen LogP contribution in [0.2, 0.25) is 0 Å². The molecule has 1 aromatic carbocycles. The first-order chi connectivity index (χ1) is 15.6. The lowest BCUT2D eigenvalue weighted by Gasteiger charge is -2.37. The van der Waals surface area contributed by atoms with Crippen LogP contribution in [0.1, 0.15) is 35.1 Å². The average Bonchev–Trinajstić information content (AvgIpc) is 3.25. The Bertz CT molecular complexity index is 1130. The van der Waals surface area contributed by atoms with E-state index in [0.717, 1.165) is 0 Å². The lowest BCUT2D eigenvalue weighted by atomic mass is 9.96. The quantitative estimate of drug-likeness (QED) is 0.249. The molecule has 2 fully saturated rings. The molecular weight excluding hydrogens is 454 g/mol. The number of ether oxygens (including phenoxy) is 2. The summed E-state index contributed by atoms with van der Waals surface area (Å²) in [6, 6.07) is 4.77. The van der Waals surface area contributed by atoms with Gasteiger partial charge in [0.05, 0.1) is 40.8 Å². The zero-order valence-corrected chi connectivity index (χ0v) is 18.9. The minimum absolute atomic E-state index is 0.0663. The van der Waals surface area contributed by atoms with Crippen molar-refractivity contribution in [3.63, 3.8) is 0 Å². The van der Waals surface area contributed by atoms with Gasteiger partial charge in [-0.2, -0.15) is 0 Å². The van der Waals surface area contributed by atoms with Gasteiger partial charge in [-0.3, -0.25) is 14.9 Å². The van der Waals surface area contributed by atoms with Gasteiger partial charge in [-0.1, -0.05) is 5.21 Å². The molecule has 0 spiro atoms. The Kier molecular flexibility index (Phi) is 5.82. The van der Waals surface area contributed by atoms with E-state index < -0.39 is 27.7 Å². The molecule has 4 rings (SSSR count). The van der Waals surface area contributed by atoms with Crippen molar-refractivity contribution in [3.8, 4) is 0 Å². The highest BCUT2D eigenvalue weighted by Gasteiger charge is 2.61. The molecular formula is C20H21N5O7S. The molecule has 0 radical (unpaired) electrons. The number of thioether (sulfide) groups is 1. The SMILES string of the molecule is COC(=O)c1c(C)nnn1CC1(C)SC2CC(=O)N2C1C(=O)OCc1ccc([N+](=O)[O-])cc1. The van der Waals surface area contributed by atoms with E-state index in [1.165, 1.54) is 52.7 Å². The molecule has 12 nitrogen and oxygen atoms in total. The topological polar surface area (TPSA) is 147 Å². The van der Waals surface area contributed by atoms with Crippen molar-refractivity contribution >= 4 is 35.3 Å². The van der Waals surface area contributed by atoms with E-state index in [0.29, 0.717) is 17.7 Å². The van der Waals surface area contributed by atoms with Gasteiger partial charge in [0.2, 0.25) is 5.91 Å². The highest BCUT2D eigenvalue weighted by atomic mass is 32.2. The van der Waals surface area contributed by atoms with Crippen molar-refractivity contribution in [2.75, 3.05) is 7.11 Å². The molecule has 13 heteroatoms. The van der Waals surface area contributed by atoms with Gasteiger partial charge < -0.3 is 14.4 Å². The maximum absolute atomic E-state index is 13.1. The van der Waals surface area contributed by atoms with Crippen LogP contribution in [0.15, 0.2) is 24.3 Å². The summed E-state index contributed by atoms with van der Waals surface area (Å²) in [5.74, 6) is -1.35. The van der Waals surface area contributed by atoms with E-state index >= 15 is 0 Å². The molecule has 0 aliphatic carbocycles. The number of β-lactam (4-membered cyclic amide) rings is 1. The number of rotatable bonds is 7. The smallest absolute Gasteiger partial charge is 0.358 e. The standard InChI is InChI=1S/C20H21N5O7S/c1-11-16(18(27)31-3)23(22-21-11)10-20(2)17(24-14(26)8-15(24)33-20)19(28)32-9-12-4-6-13(7-5-12)25(29)30/h4-7,15,17H,8-10H2,1-3H3. The van der Waals surface area contributed by atoms with Crippen molar-refractivity contribution in [1.82, 2.24) is 19.9 Å². The Labute approximate surface area is 192 Å². The van der Waals surface area contributed by atoms with Crippen LogP contribution in [0.25, 0.3) is 0 Å². The first-order valence-electron chi connectivity index (χ1n) is 10.0. The summed E-state index contributed by atoms with van der Waals surface area (Å²) >= 11 is 1.45. The largest absolute Gasteiger partial charge is 0.464 e. The first-order valence-corrected chi connectivity index (χ1v) is 10.9. The highest BCUT2D eigenvalue weighted by molar-refractivity contribution is 8.01. The zero-order valence-electron chi connectivity index (χ0n) is 18.1. The second-order valence-corrected chi connectivity index (χ2v) is 9.71. The van der Waals surface area contributed by atoms with E-state index in [2.05, 4.69) is 10.3 Å². The molecule has 2 aromatic rings. The minimum Gasteiger partial charge on any atom is -0.464 e. The first kappa shape index (κ1) is 22.7. The van der Waals surface area contributed by atoms with E-state index in [4.69, 9.17) is 9.47 Å². The number of esters is 2. The van der Waals surface area contributed by atoms with Crippen molar-refractivity contribution < 1.29 is 28.8 Å². The van der Waals surface area contributed by atoms with Crippen LogP contribution in [0, 0.1) is 17.0 Å². The summed E-state index contributed by atoms with van der Waals surface area (Å²) < 4.78 is 10.9. The fraction of sp³-hybridized carbons (Fsp3) is 0.450. The van der Waals surface area contributed by atoms with Gasteiger partial charge in [0.15, 0.2) is 5.69 Å². The van der Waals surface area contributed by atoms with Crippen molar-refractivity contribution in [3.05, 3.63) is 51.3 Å². The molecule has 2 aliphatic rings. The molecule has 33 heavy (non-hydrogen) atoms. The van der Waals surface area contributed by atoms with Gasteiger partial charge in [0, 0.05) is 12.1 Å². The van der Waals surface area contributed by atoms with E-state index in [1.54, 1.807) is 6.92 Å². The van der Waals surface area contributed by atoms with Gasteiger partial charge in [-0.05, 0) is 31.5 Å². The number of carbonyl (C=O) groups excluding carboxylic acids is 3. The third-order valence-electron chi connectivity index (χ3n) is 5.71. The fourth-order valence-electron chi connectivity index (χ4n) is 4.07. The normalized spacial score (nSPS) is 23.6. The molecule has 2 saturated heterocycles. The maximum atomic E-state index is 13.1. The zero-order chi connectivity index (χ0) is 23.9. The number of nitro benzene ring substituents is 1. The highest BCUT2D eigenvalue weighted by Crippen LogP contribution is 2.52. The predicted molar refractivity (Wildman–Crippen MR) is 114 cm³/mol. The minimum atomic E-state index is -0.901. The van der Waals surface area contributed by atoms with Gasteiger partial charge in [0.25, 0.3) is 5.69 Å². The number of fused-ring (bicyclic) bond motifs is 1. The van der Waals surface area contributed by atoms with Crippen LogP contribution < -0.4 is 0 Å². The predicted octanol–water partition coefficient (Wildman–Crippen LogP) is 1.46. The Balaban J connectivity index is 1.54. The number of carbonyl (C=O) groups is 3. The Morgan fingerprint density at radius 1 is 1.33 bits per heavy atom. The van der Waals surface area contributed by atoms with Crippen LogP contribution >= 0.6 is 11.8 Å². The van der Waals surface area contributed by atoms with Gasteiger partial charge in [-0.25, -0.2) is 14.3 Å². The number of methoxy groups -OCH3 is 1.